The van der Waals surface area contributed by atoms with Crippen molar-refractivity contribution in [3.63, 3.8) is 0 Å². The van der Waals surface area contributed by atoms with Crippen molar-refractivity contribution in [1.82, 2.24) is 4.31 Å². The van der Waals surface area contributed by atoms with Gasteiger partial charge in [0.25, 0.3) is 0 Å². The number of piperidine rings is 1. The van der Waals surface area contributed by atoms with E-state index in [0.717, 1.165) is 24.2 Å². The van der Waals surface area contributed by atoms with E-state index in [1.54, 1.807) is 30.3 Å². The van der Waals surface area contributed by atoms with Crippen LogP contribution in [0.3, 0.4) is 0 Å². The molecule has 0 unspecified atom stereocenters. The highest BCUT2D eigenvalue weighted by Gasteiger charge is 2.26. The molecule has 0 spiro atoms. The molecule has 0 bridgehead atoms. The summed E-state index contributed by atoms with van der Waals surface area (Å²) in [5, 5.41) is 2.72. The number of anilines is 1. The smallest absolute Gasteiger partial charge is 0.243 e. The molecular weight excluding hydrogens is 387 g/mol. The monoisotopic (exact) mass is 408 g/mol. The van der Waals surface area contributed by atoms with Crippen LogP contribution in [-0.2, 0) is 14.8 Å². The van der Waals surface area contributed by atoms with Gasteiger partial charge < -0.3 is 5.32 Å². The molecule has 0 atom stereocenters. The molecule has 1 N–H and O–H groups in total. The highest BCUT2D eigenvalue weighted by atomic mass is 32.2. The Labute approximate surface area is 163 Å². The van der Waals surface area contributed by atoms with Crippen molar-refractivity contribution in [1.29, 1.82) is 0 Å². The third kappa shape index (κ3) is 5.31. The zero-order valence-electron chi connectivity index (χ0n) is 14.7. The second-order valence-electron chi connectivity index (χ2n) is 6.28. The largest absolute Gasteiger partial charge is 0.325 e. The average Bonchev–Trinajstić information content (AvgIpc) is 2.68. The number of benzene rings is 2. The number of nitrogens with one attached hydrogen (secondary N) is 1. The Morgan fingerprint density at radius 3 is 2.48 bits per heavy atom. The number of hydrogen-bond acceptors (Lipinski definition) is 4. The molecular formula is C19H21FN2O3S2. The molecule has 1 saturated heterocycles. The zero-order valence-corrected chi connectivity index (χ0v) is 16.4. The summed E-state index contributed by atoms with van der Waals surface area (Å²) in [6, 6.07) is 12.2. The second-order valence-corrected chi connectivity index (χ2v) is 9.27. The molecule has 8 heteroatoms. The van der Waals surface area contributed by atoms with Crippen molar-refractivity contribution in [2.45, 2.75) is 29.1 Å². The third-order valence-electron chi connectivity index (χ3n) is 4.25. The lowest BCUT2D eigenvalue weighted by Gasteiger charge is -2.26. The Morgan fingerprint density at radius 1 is 1.07 bits per heavy atom. The van der Waals surface area contributed by atoms with Crippen LogP contribution in [-0.4, -0.2) is 37.5 Å². The van der Waals surface area contributed by atoms with Gasteiger partial charge in [-0.05, 0) is 55.3 Å². The molecule has 2 aromatic rings. The summed E-state index contributed by atoms with van der Waals surface area (Å²) in [6.07, 6.45) is 2.79. The number of carbonyl (C=O) groups excluding carboxylic acids is 1. The third-order valence-corrected chi connectivity index (χ3v) is 7.16. The van der Waals surface area contributed by atoms with Gasteiger partial charge in [-0.2, -0.15) is 4.31 Å². The number of sulfonamides is 1. The van der Waals surface area contributed by atoms with Crippen LogP contribution in [0.2, 0.25) is 0 Å². The van der Waals surface area contributed by atoms with Crippen LogP contribution in [0, 0.1) is 5.82 Å². The maximum absolute atomic E-state index is 12.9. The number of rotatable bonds is 6. The Balaban J connectivity index is 1.63. The molecule has 144 valence electrons. The highest BCUT2D eigenvalue weighted by molar-refractivity contribution is 8.00. The Kier molecular flexibility index (Phi) is 6.51. The van der Waals surface area contributed by atoms with E-state index in [-0.39, 0.29) is 22.4 Å². The summed E-state index contributed by atoms with van der Waals surface area (Å²) in [5.74, 6) is -0.429. The molecule has 1 aliphatic heterocycles. The topological polar surface area (TPSA) is 66.5 Å². The Bertz CT molecular complexity index is 895. The van der Waals surface area contributed by atoms with Gasteiger partial charge in [-0.3, -0.25) is 4.79 Å². The van der Waals surface area contributed by atoms with Gasteiger partial charge in [0.05, 0.1) is 10.6 Å². The van der Waals surface area contributed by atoms with Gasteiger partial charge in [-0.15, -0.1) is 11.8 Å². The number of hydrogen-bond donors (Lipinski definition) is 1. The van der Waals surface area contributed by atoms with Crippen LogP contribution in [0.4, 0.5) is 10.1 Å². The fourth-order valence-corrected chi connectivity index (χ4v) is 5.13. The first kappa shape index (κ1) is 19.9. The van der Waals surface area contributed by atoms with Gasteiger partial charge in [0.2, 0.25) is 15.9 Å². The van der Waals surface area contributed by atoms with Crippen LogP contribution in [0.1, 0.15) is 19.3 Å². The molecule has 0 aromatic heterocycles. The van der Waals surface area contributed by atoms with Crippen LogP contribution < -0.4 is 5.32 Å². The van der Waals surface area contributed by atoms with E-state index >= 15 is 0 Å². The molecule has 1 amide bonds. The highest BCUT2D eigenvalue weighted by Crippen LogP contribution is 2.23. The first-order chi connectivity index (χ1) is 12.9. The predicted molar refractivity (Wildman–Crippen MR) is 105 cm³/mol. The van der Waals surface area contributed by atoms with Crippen molar-refractivity contribution >= 4 is 33.4 Å². The quantitative estimate of drug-likeness (QED) is 0.740. The molecule has 27 heavy (non-hydrogen) atoms. The standard InChI is InChI=1S/C19H21FN2O3S2/c20-15-7-9-17(10-8-15)26-14-19(23)21-16-5-4-6-18(13-16)27(24,25)22-11-2-1-3-12-22/h4-10,13H,1-3,11-12,14H2,(H,21,23). The van der Waals surface area contributed by atoms with Crippen LogP contribution in [0.5, 0.6) is 0 Å². The maximum atomic E-state index is 12.9. The van der Waals surface area contributed by atoms with Crippen LogP contribution >= 0.6 is 11.8 Å². The molecule has 1 aliphatic rings. The summed E-state index contributed by atoms with van der Waals surface area (Å²) in [6.45, 7) is 1.07. The molecule has 3 rings (SSSR count). The number of amides is 1. The number of thioether (sulfide) groups is 1. The van der Waals surface area contributed by atoms with Crippen LogP contribution in [0.25, 0.3) is 0 Å². The van der Waals surface area contributed by atoms with Crippen molar-refractivity contribution in [2.24, 2.45) is 0 Å². The minimum Gasteiger partial charge on any atom is -0.325 e. The van der Waals surface area contributed by atoms with Gasteiger partial charge in [0.15, 0.2) is 0 Å². The van der Waals surface area contributed by atoms with Crippen molar-refractivity contribution in [3.05, 3.63) is 54.3 Å². The summed E-state index contributed by atoms with van der Waals surface area (Å²) >= 11 is 1.28. The summed E-state index contributed by atoms with van der Waals surface area (Å²) in [4.78, 5) is 13.1. The molecule has 0 saturated carbocycles. The summed E-state index contributed by atoms with van der Waals surface area (Å²) in [5.41, 5.74) is 0.442. The van der Waals surface area contributed by atoms with Gasteiger partial charge in [-0.25, -0.2) is 12.8 Å². The van der Waals surface area contributed by atoms with Gasteiger partial charge >= 0.3 is 0 Å². The van der Waals surface area contributed by atoms with E-state index < -0.39 is 10.0 Å². The van der Waals surface area contributed by atoms with Crippen molar-refractivity contribution in [3.8, 4) is 0 Å². The Hall–Kier alpha value is -1.90. The SMILES string of the molecule is O=C(CSc1ccc(F)cc1)Nc1cccc(S(=O)(=O)N2CCCCC2)c1. The lowest BCUT2D eigenvalue weighted by Crippen LogP contribution is -2.35. The molecule has 2 aromatic carbocycles. The second kappa shape index (κ2) is 8.86. The van der Waals surface area contributed by atoms with Gasteiger partial charge in [0, 0.05) is 23.7 Å². The van der Waals surface area contributed by atoms with E-state index in [2.05, 4.69) is 5.32 Å². The minimum atomic E-state index is -3.54. The molecule has 0 aliphatic carbocycles. The van der Waals surface area contributed by atoms with Crippen molar-refractivity contribution in [2.75, 3.05) is 24.2 Å². The fraction of sp³-hybridized carbons (Fsp3) is 0.316. The van der Waals surface area contributed by atoms with Crippen LogP contribution in [0.15, 0.2) is 58.3 Å². The molecule has 5 nitrogen and oxygen atoms in total. The lowest BCUT2D eigenvalue weighted by atomic mass is 10.2. The Morgan fingerprint density at radius 2 is 1.78 bits per heavy atom. The lowest BCUT2D eigenvalue weighted by molar-refractivity contribution is -0.113. The number of carbonyl (C=O) groups is 1. The first-order valence-electron chi connectivity index (χ1n) is 8.73. The summed E-state index contributed by atoms with van der Waals surface area (Å²) in [7, 11) is -3.54. The molecule has 0 radical (unpaired) electrons. The van der Waals surface area contributed by atoms with E-state index in [1.165, 1.54) is 34.3 Å². The number of nitrogens with zero attached hydrogens (tertiary/aromatic N) is 1. The van der Waals surface area contributed by atoms with E-state index in [9.17, 15) is 17.6 Å². The van der Waals surface area contributed by atoms with Gasteiger partial charge in [0.1, 0.15) is 5.82 Å². The van der Waals surface area contributed by atoms with E-state index in [0.29, 0.717) is 18.8 Å². The molecule has 1 heterocycles. The zero-order chi connectivity index (χ0) is 19.3. The summed E-state index contributed by atoms with van der Waals surface area (Å²) < 4.78 is 39.9. The van der Waals surface area contributed by atoms with E-state index in [4.69, 9.17) is 0 Å². The predicted octanol–water partition coefficient (Wildman–Crippen LogP) is 3.73. The average molecular weight is 409 g/mol. The van der Waals surface area contributed by atoms with E-state index in [1.807, 2.05) is 0 Å². The maximum Gasteiger partial charge on any atom is 0.243 e. The normalized spacial score (nSPS) is 15.4. The number of halogens is 1. The van der Waals surface area contributed by atoms with Gasteiger partial charge in [-0.1, -0.05) is 12.5 Å². The molecule has 1 fully saturated rings. The fourth-order valence-electron chi connectivity index (χ4n) is 2.87. The van der Waals surface area contributed by atoms with Crippen molar-refractivity contribution < 1.29 is 17.6 Å². The minimum absolute atomic E-state index is 0.148. The first-order valence-corrected chi connectivity index (χ1v) is 11.2.